The van der Waals surface area contributed by atoms with Gasteiger partial charge in [0, 0.05) is 12.4 Å². The number of fused-ring (bicyclic) bond motifs is 1. The molecule has 1 aliphatic heterocycles. The maximum atomic E-state index is 4.29. The summed E-state index contributed by atoms with van der Waals surface area (Å²) < 4.78 is 1.93. The zero-order chi connectivity index (χ0) is 11.0. The second-order valence-corrected chi connectivity index (χ2v) is 4.61. The van der Waals surface area contributed by atoms with Gasteiger partial charge in [-0.05, 0) is 49.5 Å². The van der Waals surface area contributed by atoms with Crippen LogP contribution in [0, 0.1) is 0 Å². The number of hydrogen-bond donors (Lipinski definition) is 1. The molecule has 2 aromatic rings. The molecule has 0 amide bonds. The van der Waals surface area contributed by atoms with Crippen molar-refractivity contribution in [2.45, 2.75) is 18.8 Å². The summed E-state index contributed by atoms with van der Waals surface area (Å²) in [4.78, 5) is 0. The molecule has 0 unspecified atom stereocenters. The Hall–Kier alpha value is -1.06. The first-order valence-electron chi connectivity index (χ1n) is 5.97. The monoisotopic (exact) mass is 251 g/mol. The highest BCUT2D eigenvalue weighted by Crippen LogP contribution is 2.27. The highest BCUT2D eigenvalue weighted by molar-refractivity contribution is 5.85. The van der Waals surface area contributed by atoms with Gasteiger partial charge in [0.15, 0.2) is 0 Å². The molecule has 1 N–H and O–H groups in total. The SMILES string of the molecule is Cl.Cn1ncc2cc(C3CCNCC3)ccc21. The van der Waals surface area contributed by atoms with Crippen LogP contribution < -0.4 is 5.32 Å². The van der Waals surface area contributed by atoms with Crippen molar-refractivity contribution in [3.05, 3.63) is 30.0 Å². The van der Waals surface area contributed by atoms with Gasteiger partial charge >= 0.3 is 0 Å². The lowest BCUT2D eigenvalue weighted by Crippen LogP contribution is -2.26. The quantitative estimate of drug-likeness (QED) is 0.844. The minimum Gasteiger partial charge on any atom is -0.317 e. The second-order valence-electron chi connectivity index (χ2n) is 4.61. The summed E-state index contributed by atoms with van der Waals surface area (Å²) in [7, 11) is 1.99. The van der Waals surface area contributed by atoms with Gasteiger partial charge in [0.2, 0.25) is 0 Å². The summed E-state index contributed by atoms with van der Waals surface area (Å²) in [6.07, 6.45) is 4.47. The highest BCUT2D eigenvalue weighted by atomic mass is 35.5. The van der Waals surface area contributed by atoms with Gasteiger partial charge in [-0.1, -0.05) is 6.07 Å². The molecule has 1 saturated heterocycles. The first kappa shape index (κ1) is 12.4. The second kappa shape index (κ2) is 5.07. The smallest absolute Gasteiger partial charge is 0.0679 e. The van der Waals surface area contributed by atoms with Crippen molar-refractivity contribution in [2.24, 2.45) is 7.05 Å². The Balaban J connectivity index is 0.00000108. The molecule has 3 nitrogen and oxygen atoms in total. The van der Waals surface area contributed by atoms with Gasteiger partial charge in [0.25, 0.3) is 0 Å². The van der Waals surface area contributed by atoms with E-state index in [1.165, 1.54) is 29.3 Å². The van der Waals surface area contributed by atoms with Crippen LogP contribution in [0.5, 0.6) is 0 Å². The molecule has 0 atom stereocenters. The Bertz CT molecular complexity index is 500. The molecule has 1 fully saturated rings. The summed E-state index contributed by atoms with van der Waals surface area (Å²) >= 11 is 0. The number of benzene rings is 1. The van der Waals surface area contributed by atoms with Gasteiger partial charge in [-0.2, -0.15) is 5.10 Å². The molecule has 4 heteroatoms. The molecule has 92 valence electrons. The predicted octanol–water partition coefficient (Wildman–Crippen LogP) is 2.46. The van der Waals surface area contributed by atoms with Crippen LogP contribution in [0.3, 0.4) is 0 Å². The number of piperidine rings is 1. The van der Waals surface area contributed by atoms with Gasteiger partial charge < -0.3 is 5.32 Å². The van der Waals surface area contributed by atoms with Crippen molar-refractivity contribution in [1.29, 1.82) is 0 Å². The van der Waals surface area contributed by atoms with Crippen molar-refractivity contribution in [1.82, 2.24) is 15.1 Å². The van der Waals surface area contributed by atoms with Gasteiger partial charge in [-0.25, -0.2) is 0 Å². The maximum absolute atomic E-state index is 4.29. The number of nitrogens with zero attached hydrogens (tertiary/aromatic N) is 2. The van der Waals surface area contributed by atoms with Crippen LogP contribution in [0.2, 0.25) is 0 Å². The highest BCUT2D eigenvalue weighted by Gasteiger charge is 2.15. The summed E-state index contributed by atoms with van der Waals surface area (Å²) in [5.74, 6) is 0.728. The van der Waals surface area contributed by atoms with Gasteiger partial charge in [0.05, 0.1) is 11.7 Å². The molecule has 0 spiro atoms. The molecule has 0 radical (unpaired) electrons. The van der Waals surface area contributed by atoms with Crippen molar-refractivity contribution in [3.63, 3.8) is 0 Å². The van der Waals surface area contributed by atoms with Crippen molar-refractivity contribution in [2.75, 3.05) is 13.1 Å². The molecule has 2 heterocycles. The Morgan fingerprint density at radius 2 is 2.06 bits per heavy atom. The zero-order valence-corrected chi connectivity index (χ0v) is 10.8. The van der Waals surface area contributed by atoms with Crippen molar-refractivity contribution in [3.8, 4) is 0 Å². The fourth-order valence-electron chi connectivity index (χ4n) is 2.59. The average Bonchev–Trinajstić information content (AvgIpc) is 2.72. The van der Waals surface area contributed by atoms with Crippen LogP contribution >= 0.6 is 12.4 Å². The fourth-order valence-corrected chi connectivity index (χ4v) is 2.59. The van der Waals surface area contributed by atoms with E-state index in [1.807, 2.05) is 17.9 Å². The van der Waals surface area contributed by atoms with E-state index in [0.29, 0.717) is 0 Å². The maximum Gasteiger partial charge on any atom is 0.0679 e. The van der Waals surface area contributed by atoms with Crippen LogP contribution in [-0.2, 0) is 7.05 Å². The molecule has 0 saturated carbocycles. The zero-order valence-electron chi connectivity index (χ0n) is 10.0. The minimum atomic E-state index is 0. The first-order valence-corrected chi connectivity index (χ1v) is 5.97. The summed E-state index contributed by atoms with van der Waals surface area (Å²) in [5, 5.41) is 8.96. The van der Waals surface area contributed by atoms with Crippen molar-refractivity contribution >= 4 is 23.3 Å². The Kier molecular flexibility index (Phi) is 3.69. The molecule has 1 aromatic carbocycles. The van der Waals surface area contributed by atoms with Crippen LogP contribution in [0.1, 0.15) is 24.3 Å². The van der Waals surface area contributed by atoms with E-state index in [2.05, 4.69) is 28.6 Å². The van der Waals surface area contributed by atoms with E-state index in [4.69, 9.17) is 0 Å². The van der Waals surface area contributed by atoms with E-state index in [0.717, 1.165) is 19.0 Å². The summed E-state index contributed by atoms with van der Waals surface area (Å²) in [6.45, 7) is 2.30. The summed E-state index contributed by atoms with van der Waals surface area (Å²) in [6, 6.07) is 6.76. The molecular weight excluding hydrogens is 234 g/mol. The standard InChI is InChI=1S/C13H17N3.ClH/c1-16-13-3-2-11(8-12(13)9-15-16)10-4-6-14-7-5-10;/h2-3,8-10,14H,4-7H2,1H3;1H. The van der Waals surface area contributed by atoms with Crippen LogP contribution in [0.4, 0.5) is 0 Å². The van der Waals surface area contributed by atoms with E-state index in [9.17, 15) is 0 Å². The third-order valence-electron chi connectivity index (χ3n) is 3.58. The van der Waals surface area contributed by atoms with Gasteiger partial charge in [-0.15, -0.1) is 12.4 Å². The van der Waals surface area contributed by atoms with Crippen LogP contribution in [0.25, 0.3) is 10.9 Å². The normalized spacial score (nSPS) is 17.0. The molecule has 17 heavy (non-hydrogen) atoms. The van der Waals surface area contributed by atoms with E-state index in [1.54, 1.807) is 0 Å². The molecular formula is C13H18ClN3. The van der Waals surface area contributed by atoms with Crippen LogP contribution in [-0.4, -0.2) is 22.9 Å². The Morgan fingerprint density at radius 3 is 2.82 bits per heavy atom. The van der Waals surface area contributed by atoms with E-state index in [-0.39, 0.29) is 12.4 Å². The molecule has 1 aliphatic rings. The Morgan fingerprint density at radius 1 is 1.29 bits per heavy atom. The molecule has 0 aliphatic carbocycles. The topological polar surface area (TPSA) is 29.9 Å². The largest absolute Gasteiger partial charge is 0.317 e. The number of aryl methyl sites for hydroxylation is 1. The molecule has 3 rings (SSSR count). The average molecular weight is 252 g/mol. The number of halogens is 1. The Labute approximate surface area is 108 Å². The molecule has 0 bridgehead atoms. The lowest BCUT2D eigenvalue weighted by atomic mass is 9.90. The third kappa shape index (κ3) is 2.31. The lowest BCUT2D eigenvalue weighted by molar-refractivity contribution is 0.460. The lowest BCUT2D eigenvalue weighted by Gasteiger charge is -2.22. The first-order chi connectivity index (χ1) is 7.84. The molecule has 1 aromatic heterocycles. The van der Waals surface area contributed by atoms with E-state index < -0.39 is 0 Å². The van der Waals surface area contributed by atoms with Crippen molar-refractivity contribution < 1.29 is 0 Å². The summed E-state index contributed by atoms with van der Waals surface area (Å²) in [5.41, 5.74) is 2.69. The van der Waals surface area contributed by atoms with Gasteiger partial charge in [0.1, 0.15) is 0 Å². The van der Waals surface area contributed by atoms with E-state index >= 15 is 0 Å². The van der Waals surface area contributed by atoms with Gasteiger partial charge in [-0.3, -0.25) is 4.68 Å². The number of rotatable bonds is 1. The number of aromatic nitrogens is 2. The fraction of sp³-hybridized carbons (Fsp3) is 0.462. The predicted molar refractivity (Wildman–Crippen MR) is 72.8 cm³/mol. The third-order valence-corrected chi connectivity index (χ3v) is 3.58. The number of nitrogens with one attached hydrogen (secondary N) is 1. The number of hydrogen-bond acceptors (Lipinski definition) is 2. The minimum absolute atomic E-state index is 0. The van der Waals surface area contributed by atoms with Crippen LogP contribution in [0.15, 0.2) is 24.4 Å².